The van der Waals surface area contributed by atoms with E-state index in [1.807, 2.05) is 0 Å². The molecule has 0 spiro atoms. The average Bonchev–Trinajstić information content (AvgIpc) is 2.95. The molecule has 0 aromatic heterocycles. The predicted octanol–water partition coefficient (Wildman–Crippen LogP) is 0.887. The SMILES string of the molecule is C[C@H](NC(=O)[C@H](CCCN(C(=O)OCCS(C)(=O)=O)/C(N)=N/C(=O)OCCS(C)(=O)=O)NC(=O)OC(C)(C)C)C(=O)OCc1ccccc1. The first kappa shape index (κ1) is 42.6. The molecule has 0 heterocycles. The molecule has 4 N–H and O–H groups in total. The van der Waals surface area contributed by atoms with Crippen LogP contribution in [0.1, 0.15) is 46.1 Å². The molecule has 0 radical (unpaired) electrons. The zero-order valence-electron chi connectivity index (χ0n) is 28.3. The summed E-state index contributed by atoms with van der Waals surface area (Å²) >= 11 is 0. The van der Waals surface area contributed by atoms with Crippen molar-refractivity contribution in [3.63, 3.8) is 0 Å². The molecule has 276 valence electrons. The van der Waals surface area contributed by atoms with Gasteiger partial charge in [-0.3, -0.25) is 4.79 Å². The van der Waals surface area contributed by atoms with E-state index in [4.69, 9.17) is 24.7 Å². The summed E-state index contributed by atoms with van der Waals surface area (Å²) in [7, 11) is -6.98. The lowest BCUT2D eigenvalue weighted by Crippen LogP contribution is -2.52. The van der Waals surface area contributed by atoms with Crippen molar-refractivity contribution in [3.05, 3.63) is 35.9 Å². The Kier molecular flexibility index (Phi) is 17.0. The third-order valence-electron chi connectivity index (χ3n) is 5.88. The van der Waals surface area contributed by atoms with Gasteiger partial charge in [-0.25, -0.2) is 40.9 Å². The number of aliphatic imine (C=N–C) groups is 1. The van der Waals surface area contributed by atoms with Crippen molar-refractivity contribution < 1.29 is 59.8 Å². The molecule has 18 nitrogen and oxygen atoms in total. The number of nitrogens with two attached hydrogens (primary N) is 1. The number of hydrogen-bond donors (Lipinski definition) is 3. The number of nitrogens with one attached hydrogen (secondary N) is 2. The van der Waals surface area contributed by atoms with E-state index in [1.54, 1.807) is 51.1 Å². The highest BCUT2D eigenvalue weighted by molar-refractivity contribution is 7.90. The van der Waals surface area contributed by atoms with E-state index >= 15 is 0 Å². The minimum atomic E-state index is -3.51. The lowest BCUT2D eigenvalue weighted by Gasteiger charge is -2.25. The van der Waals surface area contributed by atoms with Crippen molar-refractivity contribution in [1.82, 2.24) is 15.5 Å². The van der Waals surface area contributed by atoms with Gasteiger partial charge in [-0.1, -0.05) is 30.3 Å². The highest BCUT2D eigenvalue weighted by Crippen LogP contribution is 2.10. The number of amides is 4. The fourth-order valence-electron chi connectivity index (χ4n) is 3.52. The van der Waals surface area contributed by atoms with Crippen LogP contribution < -0.4 is 16.4 Å². The van der Waals surface area contributed by atoms with Gasteiger partial charge in [0.2, 0.25) is 11.9 Å². The maximum absolute atomic E-state index is 13.2. The van der Waals surface area contributed by atoms with Crippen LogP contribution in [0.25, 0.3) is 0 Å². The second-order valence-electron chi connectivity index (χ2n) is 11.8. The van der Waals surface area contributed by atoms with Crippen molar-refractivity contribution >= 4 is 55.8 Å². The third-order valence-corrected chi connectivity index (χ3v) is 7.70. The Morgan fingerprint density at radius 3 is 2.02 bits per heavy atom. The van der Waals surface area contributed by atoms with Gasteiger partial charge in [0, 0.05) is 19.1 Å². The summed E-state index contributed by atoms with van der Waals surface area (Å²) in [5, 5.41) is 4.88. The minimum absolute atomic E-state index is 0.0379. The number of esters is 1. The topological polar surface area (TPSA) is 256 Å². The number of ether oxygens (including phenoxy) is 4. The Hall–Kier alpha value is -4.46. The largest absolute Gasteiger partial charge is 0.459 e. The molecular formula is C29H45N5O13S2. The van der Waals surface area contributed by atoms with E-state index in [0.29, 0.717) is 4.90 Å². The van der Waals surface area contributed by atoms with Crippen molar-refractivity contribution in [1.29, 1.82) is 0 Å². The Bertz CT molecular complexity index is 1540. The molecule has 0 fully saturated rings. The summed E-state index contributed by atoms with van der Waals surface area (Å²) in [5.41, 5.74) is 5.65. The number of benzene rings is 1. The van der Waals surface area contributed by atoms with E-state index in [1.165, 1.54) is 6.92 Å². The van der Waals surface area contributed by atoms with E-state index in [0.717, 1.165) is 18.1 Å². The molecule has 0 aliphatic rings. The van der Waals surface area contributed by atoms with E-state index in [9.17, 15) is 40.8 Å². The second kappa shape index (κ2) is 19.5. The molecule has 0 aliphatic heterocycles. The van der Waals surface area contributed by atoms with E-state index < -0.39 is 98.2 Å². The molecule has 2 atom stereocenters. The Labute approximate surface area is 285 Å². The summed E-state index contributed by atoms with van der Waals surface area (Å²) in [6.07, 6.45) is -1.93. The van der Waals surface area contributed by atoms with Crippen LogP contribution >= 0.6 is 0 Å². The predicted molar refractivity (Wildman–Crippen MR) is 177 cm³/mol. The first-order valence-electron chi connectivity index (χ1n) is 14.9. The van der Waals surface area contributed by atoms with Crippen molar-refractivity contribution in [3.8, 4) is 0 Å². The maximum Gasteiger partial charge on any atom is 0.436 e. The number of alkyl carbamates (subject to hydrolysis) is 1. The highest BCUT2D eigenvalue weighted by Gasteiger charge is 2.28. The smallest absolute Gasteiger partial charge is 0.436 e. The molecule has 49 heavy (non-hydrogen) atoms. The lowest BCUT2D eigenvalue weighted by molar-refractivity contribution is -0.148. The van der Waals surface area contributed by atoms with Gasteiger partial charge in [-0.05, 0) is 46.1 Å². The Morgan fingerprint density at radius 1 is 0.898 bits per heavy atom. The molecule has 1 rings (SSSR count). The molecule has 0 aliphatic carbocycles. The van der Waals surface area contributed by atoms with Crippen LogP contribution in [0.4, 0.5) is 14.4 Å². The Morgan fingerprint density at radius 2 is 1.47 bits per heavy atom. The monoisotopic (exact) mass is 735 g/mol. The van der Waals surface area contributed by atoms with Gasteiger partial charge in [0.25, 0.3) is 0 Å². The van der Waals surface area contributed by atoms with E-state index in [2.05, 4.69) is 15.6 Å². The molecule has 0 saturated heterocycles. The fourth-order valence-corrected chi connectivity index (χ4v) is 4.30. The van der Waals surface area contributed by atoms with Gasteiger partial charge in [-0.15, -0.1) is 4.99 Å². The van der Waals surface area contributed by atoms with Crippen LogP contribution in [-0.4, -0.2) is 119 Å². The van der Waals surface area contributed by atoms with Gasteiger partial charge in [0.05, 0.1) is 11.5 Å². The molecule has 0 saturated carbocycles. The standard InChI is InChI=1S/C29H45N5O13S2/c1-20(24(36)46-19-21-11-8-7-9-12-21)31-23(35)22(32-27(38)47-29(2,3)4)13-10-14-34(28(39)45-16-18-49(6,42)43)25(30)33-26(37)44-15-17-48(5,40)41/h7-9,11-12,20,22H,10,13-19H2,1-6H3,(H,31,35)(H,32,38)(H2,30,33,37)/t20-,22-/m0/s1. The van der Waals surface area contributed by atoms with Gasteiger partial charge >= 0.3 is 24.2 Å². The van der Waals surface area contributed by atoms with Gasteiger partial charge < -0.3 is 35.3 Å². The maximum atomic E-state index is 13.2. The minimum Gasteiger partial charge on any atom is -0.459 e. The van der Waals surface area contributed by atoms with Crippen molar-refractivity contribution in [2.75, 3.05) is 43.8 Å². The van der Waals surface area contributed by atoms with Crippen molar-refractivity contribution in [2.45, 2.75) is 64.8 Å². The fraction of sp³-hybridized carbons (Fsp3) is 0.586. The number of carbonyl (C=O) groups excluding carboxylic acids is 5. The summed E-state index contributed by atoms with van der Waals surface area (Å²) in [4.78, 5) is 67.4. The van der Waals surface area contributed by atoms with Crippen molar-refractivity contribution in [2.24, 2.45) is 10.7 Å². The average molecular weight is 736 g/mol. The quantitative estimate of drug-likeness (QED) is 0.0923. The first-order valence-corrected chi connectivity index (χ1v) is 19.0. The number of carbonyl (C=O) groups is 5. The molecule has 1 aromatic carbocycles. The molecule has 0 unspecified atom stereocenters. The molecule has 0 bridgehead atoms. The number of guanidine groups is 1. The van der Waals surface area contributed by atoms with Gasteiger partial charge in [-0.2, -0.15) is 0 Å². The second-order valence-corrected chi connectivity index (χ2v) is 16.3. The number of nitrogens with zero attached hydrogens (tertiary/aromatic N) is 2. The molecule has 4 amide bonds. The van der Waals surface area contributed by atoms with Crippen LogP contribution in [-0.2, 0) is 54.8 Å². The highest BCUT2D eigenvalue weighted by atomic mass is 32.2. The number of rotatable bonds is 16. The molecule has 1 aromatic rings. The van der Waals surface area contributed by atoms with Crippen LogP contribution in [0.5, 0.6) is 0 Å². The normalized spacial score (nSPS) is 13.3. The van der Waals surface area contributed by atoms with Crippen LogP contribution in [0.3, 0.4) is 0 Å². The van der Waals surface area contributed by atoms with Crippen LogP contribution in [0, 0.1) is 0 Å². The number of sulfone groups is 2. The third kappa shape index (κ3) is 19.8. The lowest BCUT2D eigenvalue weighted by atomic mass is 10.1. The molecule has 20 heteroatoms. The van der Waals surface area contributed by atoms with Crippen LogP contribution in [0.15, 0.2) is 35.3 Å². The first-order chi connectivity index (χ1) is 22.6. The zero-order chi connectivity index (χ0) is 37.4. The summed E-state index contributed by atoms with van der Waals surface area (Å²) in [6.45, 7) is 4.68. The molecular weight excluding hydrogens is 690 g/mol. The zero-order valence-corrected chi connectivity index (χ0v) is 29.9. The summed E-state index contributed by atoms with van der Waals surface area (Å²) in [6, 6.07) is 6.39. The van der Waals surface area contributed by atoms with E-state index in [-0.39, 0.29) is 26.0 Å². The Balaban J connectivity index is 3.08. The summed E-state index contributed by atoms with van der Waals surface area (Å²) in [5.74, 6) is -3.31. The van der Waals surface area contributed by atoms with Crippen LogP contribution in [0.2, 0.25) is 0 Å². The summed E-state index contributed by atoms with van der Waals surface area (Å²) < 4.78 is 65.7. The van der Waals surface area contributed by atoms with Gasteiger partial charge in [0.15, 0.2) is 19.7 Å². The van der Waals surface area contributed by atoms with Gasteiger partial charge in [0.1, 0.15) is 37.5 Å². The number of hydrogen-bond acceptors (Lipinski definition) is 13.